The minimum Gasteiger partial charge on any atom is -0.388 e. The van der Waals surface area contributed by atoms with Crippen LogP contribution in [0.25, 0.3) is 0 Å². The van der Waals surface area contributed by atoms with Gasteiger partial charge in [0.25, 0.3) is 0 Å². The van der Waals surface area contributed by atoms with E-state index in [1.54, 1.807) is 12.1 Å². The lowest BCUT2D eigenvalue weighted by molar-refractivity contribution is 0.167. The zero-order valence-corrected chi connectivity index (χ0v) is 9.83. The molecule has 0 bridgehead atoms. The van der Waals surface area contributed by atoms with Crippen molar-refractivity contribution >= 4 is 11.6 Å². The van der Waals surface area contributed by atoms with Gasteiger partial charge in [0.2, 0.25) is 0 Å². The van der Waals surface area contributed by atoms with Crippen LogP contribution in [0.1, 0.15) is 50.0 Å². The van der Waals surface area contributed by atoms with Crippen molar-refractivity contribution in [2.75, 3.05) is 0 Å². The summed E-state index contributed by atoms with van der Waals surface area (Å²) in [5.41, 5.74) is 1.54. The Hall–Kier alpha value is -0.570. The fourth-order valence-corrected chi connectivity index (χ4v) is 1.74. The van der Waals surface area contributed by atoms with E-state index in [1.807, 2.05) is 19.9 Å². The quantitative estimate of drug-likeness (QED) is 0.831. The Labute approximate surface area is 95.5 Å². The predicted octanol–water partition coefficient (Wildman–Crippen LogP) is 3.23. The van der Waals surface area contributed by atoms with E-state index in [0.29, 0.717) is 17.9 Å². The summed E-state index contributed by atoms with van der Waals surface area (Å²) in [5, 5.41) is 19.9. The Bertz CT molecular complexity index is 297. The number of aliphatic hydroxyl groups excluding tert-OH is 2. The second kappa shape index (κ2) is 5.50. The molecule has 1 rings (SSSR count). The van der Waals surface area contributed by atoms with Gasteiger partial charge < -0.3 is 10.2 Å². The highest BCUT2D eigenvalue weighted by Gasteiger charge is 2.11. The minimum atomic E-state index is -0.508. The number of halogens is 1. The third-order valence-corrected chi connectivity index (χ3v) is 2.70. The van der Waals surface area contributed by atoms with Gasteiger partial charge >= 0.3 is 0 Å². The van der Waals surface area contributed by atoms with Gasteiger partial charge in [0.1, 0.15) is 0 Å². The summed E-state index contributed by atoms with van der Waals surface area (Å²) in [6.07, 6.45) is 0.266. The predicted molar refractivity (Wildman–Crippen MR) is 62.0 cm³/mol. The Morgan fingerprint density at radius 3 is 1.73 bits per heavy atom. The second-order valence-electron chi connectivity index (χ2n) is 3.67. The van der Waals surface area contributed by atoms with Gasteiger partial charge in [-0.1, -0.05) is 31.5 Å². The molecule has 0 saturated heterocycles. The monoisotopic (exact) mass is 228 g/mol. The molecular weight excluding hydrogens is 212 g/mol. The normalized spacial score (nSPS) is 15.0. The van der Waals surface area contributed by atoms with Crippen LogP contribution in [-0.4, -0.2) is 10.2 Å². The standard InChI is InChI=1S/C12H17ClO2/c1-3-11(14)8-5-9(12(15)4-2)7-10(13)6-8/h5-7,11-12,14-15H,3-4H2,1-2H3. The number of aliphatic hydroxyl groups is 2. The first-order chi connectivity index (χ1) is 7.08. The summed E-state index contributed by atoms with van der Waals surface area (Å²) in [6.45, 7) is 3.81. The molecule has 2 N–H and O–H groups in total. The molecule has 1 aromatic carbocycles. The van der Waals surface area contributed by atoms with Crippen molar-refractivity contribution in [3.05, 3.63) is 34.3 Å². The molecule has 0 aliphatic carbocycles. The summed E-state index contributed by atoms with van der Waals surface area (Å²) in [7, 11) is 0. The number of hydrogen-bond donors (Lipinski definition) is 2. The number of benzene rings is 1. The SMILES string of the molecule is CCC(O)c1cc(Cl)cc(C(O)CC)c1. The molecule has 0 aliphatic heterocycles. The van der Waals surface area contributed by atoms with Crippen LogP contribution in [0.5, 0.6) is 0 Å². The molecule has 2 atom stereocenters. The van der Waals surface area contributed by atoms with Crippen molar-refractivity contribution in [3.63, 3.8) is 0 Å². The number of hydrogen-bond acceptors (Lipinski definition) is 2. The summed E-state index contributed by atoms with van der Waals surface area (Å²) in [5.74, 6) is 0. The summed E-state index contributed by atoms with van der Waals surface area (Å²) in [4.78, 5) is 0. The smallest absolute Gasteiger partial charge is 0.0788 e. The van der Waals surface area contributed by atoms with E-state index >= 15 is 0 Å². The zero-order chi connectivity index (χ0) is 11.4. The average molecular weight is 229 g/mol. The molecule has 0 spiro atoms. The molecule has 0 aliphatic rings. The molecule has 15 heavy (non-hydrogen) atoms. The molecule has 0 aromatic heterocycles. The third-order valence-electron chi connectivity index (χ3n) is 2.49. The molecule has 2 unspecified atom stereocenters. The van der Waals surface area contributed by atoms with Crippen LogP contribution in [0.15, 0.2) is 18.2 Å². The average Bonchev–Trinajstić information content (AvgIpc) is 2.26. The van der Waals surface area contributed by atoms with Crippen LogP contribution in [0.3, 0.4) is 0 Å². The highest BCUT2D eigenvalue weighted by Crippen LogP contribution is 2.26. The first-order valence-corrected chi connectivity index (χ1v) is 5.62. The topological polar surface area (TPSA) is 40.5 Å². The van der Waals surface area contributed by atoms with E-state index in [0.717, 1.165) is 11.1 Å². The van der Waals surface area contributed by atoms with Crippen LogP contribution in [0, 0.1) is 0 Å². The molecule has 0 fully saturated rings. The second-order valence-corrected chi connectivity index (χ2v) is 4.10. The van der Waals surface area contributed by atoms with Gasteiger partial charge in [-0.05, 0) is 36.1 Å². The van der Waals surface area contributed by atoms with E-state index < -0.39 is 12.2 Å². The zero-order valence-electron chi connectivity index (χ0n) is 9.07. The van der Waals surface area contributed by atoms with E-state index in [2.05, 4.69) is 0 Å². The summed E-state index contributed by atoms with van der Waals surface area (Å²) >= 11 is 5.93. The fourth-order valence-electron chi connectivity index (χ4n) is 1.49. The van der Waals surface area contributed by atoms with Crippen LogP contribution >= 0.6 is 11.6 Å². The van der Waals surface area contributed by atoms with Gasteiger partial charge in [-0.3, -0.25) is 0 Å². The number of rotatable bonds is 4. The highest BCUT2D eigenvalue weighted by molar-refractivity contribution is 6.30. The van der Waals surface area contributed by atoms with Gasteiger partial charge in [-0.15, -0.1) is 0 Å². The highest BCUT2D eigenvalue weighted by atomic mass is 35.5. The van der Waals surface area contributed by atoms with Crippen molar-refractivity contribution in [3.8, 4) is 0 Å². The van der Waals surface area contributed by atoms with Crippen molar-refractivity contribution in [1.82, 2.24) is 0 Å². The van der Waals surface area contributed by atoms with Crippen LogP contribution < -0.4 is 0 Å². The Morgan fingerprint density at radius 1 is 1.00 bits per heavy atom. The first kappa shape index (κ1) is 12.5. The molecule has 0 heterocycles. The molecule has 84 valence electrons. The Morgan fingerprint density at radius 2 is 1.40 bits per heavy atom. The van der Waals surface area contributed by atoms with E-state index in [-0.39, 0.29) is 0 Å². The molecule has 0 amide bonds. The third kappa shape index (κ3) is 3.20. The molecule has 3 heteroatoms. The molecule has 0 radical (unpaired) electrons. The summed E-state index contributed by atoms with van der Waals surface area (Å²) < 4.78 is 0. The van der Waals surface area contributed by atoms with Crippen molar-refractivity contribution in [1.29, 1.82) is 0 Å². The lowest BCUT2D eigenvalue weighted by Crippen LogP contribution is -2.00. The Balaban J connectivity index is 3.04. The van der Waals surface area contributed by atoms with Gasteiger partial charge in [0, 0.05) is 5.02 Å². The van der Waals surface area contributed by atoms with Gasteiger partial charge in [0.15, 0.2) is 0 Å². The summed E-state index contributed by atoms with van der Waals surface area (Å²) in [6, 6.07) is 5.29. The maximum absolute atomic E-state index is 9.69. The van der Waals surface area contributed by atoms with E-state index in [9.17, 15) is 10.2 Å². The van der Waals surface area contributed by atoms with Gasteiger partial charge in [0.05, 0.1) is 12.2 Å². The van der Waals surface area contributed by atoms with E-state index in [1.165, 1.54) is 0 Å². The van der Waals surface area contributed by atoms with Crippen molar-refractivity contribution in [2.45, 2.75) is 38.9 Å². The molecule has 2 nitrogen and oxygen atoms in total. The molecular formula is C12H17ClO2. The molecule has 1 aromatic rings. The van der Waals surface area contributed by atoms with Gasteiger partial charge in [-0.25, -0.2) is 0 Å². The lowest BCUT2D eigenvalue weighted by atomic mass is 10.0. The van der Waals surface area contributed by atoms with Crippen molar-refractivity contribution in [2.24, 2.45) is 0 Å². The minimum absolute atomic E-state index is 0.508. The van der Waals surface area contributed by atoms with Crippen LogP contribution in [0.2, 0.25) is 5.02 Å². The van der Waals surface area contributed by atoms with Crippen LogP contribution in [-0.2, 0) is 0 Å². The largest absolute Gasteiger partial charge is 0.388 e. The first-order valence-electron chi connectivity index (χ1n) is 5.25. The van der Waals surface area contributed by atoms with Crippen LogP contribution in [0.4, 0.5) is 0 Å². The Kier molecular flexibility index (Phi) is 4.58. The van der Waals surface area contributed by atoms with E-state index in [4.69, 9.17) is 11.6 Å². The van der Waals surface area contributed by atoms with Gasteiger partial charge in [-0.2, -0.15) is 0 Å². The lowest BCUT2D eigenvalue weighted by Gasteiger charge is -2.14. The maximum atomic E-state index is 9.69. The fraction of sp³-hybridized carbons (Fsp3) is 0.500. The maximum Gasteiger partial charge on any atom is 0.0788 e. The van der Waals surface area contributed by atoms with Crippen molar-refractivity contribution < 1.29 is 10.2 Å². The molecule has 0 saturated carbocycles.